The molecule has 0 N–H and O–H groups in total. The Labute approximate surface area is 155 Å². The minimum Gasteiger partial charge on any atom is -0.497 e. The predicted octanol–water partition coefficient (Wildman–Crippen LogP) is 1.87. The van der Waals surface area contributed by atoms with Crippen LogP contribution in [0.1, 0.15) is 10.4 Å². The molecule has 0 atom stereocenters. The Morgan fingerprint density at radius 1 is 1.11 bits per heavy atom. The maximum absolute atomic E-state index is 12.8. The number of morpholine rings is 1. The van der Waals surface area contributed by atoms with E-state index in [4.69, 9.17) is 9.47 Å². The van der Waals surface area contributed by atoms with E-state index in [0.29, 0.717) is 54.2 Å². The monoisotopic (exact) mass is 365 g/mol. The Kier molecular flexibility index (Phi) is 4.60. The smallest absolute Gasteiger partial charge is 0.265 e. The number of rotatable bonds is 3. The van der Waals surface area contributed by atoms with Crippen LogP contribution < -0.4 is 10.3 Å². The van der Waals surface area contributed by atoms with E-state index in [1.54, 1.807) is 54.5 Å². The van der Waals surface area contributed by atoms with Crippen molar-refractivity contribution in [2.45, 2.75) is 0 Å². The number of fused-ring (bicyclic) bond motifs is 1. The lowest BCUT2D eigenvalue weighted by Gasteiger charge is -2.26. The fraction of sp³-hybridized carbons (Fsp3) is 0.250. The third-order valence-electron chi connectivity index (χ3n) is 4.66. The van der Waals surface area contributed by atoms with Crippen LogP contribution in [0.4, 0.5) is 0 Å². The molecule has 1 fully saturated rings. The van der Waals surface area contributed by atoms with Crippen LogP contribution in [0.25, 0.3) is 16.6 Å². The number of benzene rings is 2. The van der Waals surface area contributed by atoms with Gasteiger partial charge in [0, 0.05) is 18.7 Å². The number of amides is 1. The molecule has 138 valence electrons. The Morgan fingerprint density at radius 3 is 2.56 bits per heavy atom. The molecule has 0 radical (unpaired) electrons. The number of hydrogen-bond donors (Lipinski definition) is 0. The van der Waals surface area contributed by atoms with Crippen LogP contribution in [0.15, 0.2) is 53.6 Å². The van der Waals surface area contributed by atoms with Gasteiger partial charge in [0.15, 0.2) is 0 Å². The minimum atomic E-state index is -0.185. The zero-order chi connectivity index (χ0) is 18.8. The fourth-order valence-electron chi connectivity index (χ4n) is 3.13. The highest BCUT2D eigenvalue weighted by Gasteiger charge is 2.19. The summed E-state index contributed by atoms with van der Waals surface area (Å²) >= 11 is 0. The second-order valence-electron chi connectivity index (χ2n) is 6.25. The van der Waals surface area contributed by atoms with E-state index in [-0.39, 0.29) is 11.5 Å². The molecular weight excluding hydrogens is 346 g/mol. The highest BCUT2D eigenvalue weighted by Crippen LogP contribution is 2.16. The number of methoxy groups -OCH3 is 1. The number of aromatic nitrogens is 2. The molecule has 0 unspecified atom stereocenters. The van der Waals surface area contributed by atoms with Crippen molar-refractivity contribution in [3.05, 3.63) is 64.7 Å². The van der Waals surface area contributed by atoms with Gasteiger partial charge in [0.25, 0.3) is 11.5 Å². The molecule has 7 heteroatoms. The first kappa shape index (κ1) is 17.2. The van der Waals surface area contributed by atoms with Crippen molar-refractivity contribution in [2.75, 3.05) is 33.4 Å². The van der Waals surface area contributed by atoms with Crippen molar-refractivity contribution in [3.63, 3.8) is 0 Å². The molecule has 1 saturated heterocycles. The molecule has 2 aromatic carbocycles. The maximum Gasteiger partial charge on any atom is 0.265 e. The second-order valence-corrected chi connectivity index (χ2v) is 6.25. The molecule has 1 aliphatic rings. The summed E-state index contributed by atoms with van der Waals surface area (Å²) in [6.07, 6.45) is 1.48. The van der Waals surface area contributed by atoms with Gasteiger partial charge in [-0.2, -0.15) is 0 Å². The first-order valence-corrected chi connectivity index (χ1v) is 8.70. The Balaban J connectivity index is 1.69. The van der Waals surface area contributed by atoms with E-state index in [0.717, 1.165) is 0 Å². The molecule has 1 aliphatic heterocycles. The molecule has 1 amide bonds. The molecular formula is C20H19N3O4. The van der Waals surface area contributed by atoms with Crippen molar-refractivity contribution >= 4 is 16.8 Å². The molecule has 0 spiro atoms. The highest BCUT2D eigenvalue weighted by molar-refractivity contribution is 5.97. The average molecular weight is 365 g/mol. The molecule has 27 heavy (non-hydrogen) atoms. The van der Waals surface area contributed by atoms with Crippen molar-refractivity contribution < 1.29 is 14.3 Å². The van der Waals surface area contributed by atoms with Crippen LogP contribution in [-0.4, -0.2) is 53.8 Å². The average Bonchev–Trinajstić information content (AvgIpc) is 2.74. The predicted molar refractivity (Wildman–Crippen MR) is 101 cm³/mol. The summed E-state index contributed by atoms with van der Waals surface area (Å²) in [5.41, 5.74) is 1.54. The van der Waals surface area contributed by atoms with Crippen molar-refractivity contribution in [3.8, 4) is 11.4 Å². The van der Waals surface area contributed by atoms with Gasteiger partial charge < -0.3 is 14.4 Å². The number of carbonyl (C=O) groups excluding carboxylic acids is 1. The summed E-state index contributed by atoms with van der Waals surface area (Å²) in [6.45, 7) is 2.24. The lowest BCUT2D eigenvalue weighted by Crippen LogP contribution is -2.40. The van der Waals surface area contributed by atoms with E-state index >= 15 is 0 Å². The SMILES string of the molecule is COc1ccc(-n2cnc3cc(C(=O)N4CCOCC4)ccc3c2=O)cc1. The van der Waals surface area contributed by atoms with Gasteiger partial charge in [-0.15, -0.1) is 0 Å². The van der Waals surface area contributed by atoms with Gasteiger partial charge in [0.1, 0.15) is 12.1 Å². The number of ether oxygens (including phenoxy) is 2. The lowest BCUT2D eigenvalue weighted by atomic mass is 10.1. The molecule has 0 saturated carbocycles. The zero-order valence-corrected chi connectivity index (χ0v) is 14.9. The molecule has 2 heterocycles. The molecule has 0 aliphatic carbocycles. The van der Waals surface area contributed by atoms with E-state index < -0.39 is 0 Å². The minimum absolute atomic E-state index is 0.0682. The zero-order valence-electron chi connectivity index (χ0n) is 14.9. The van der Waals surface area contributed by atoms with Crippen molar-refractivity contribution in [2.24, 2.45) is 0 Å². The Hall–Kier alpha value is -3.19. The molecule has 7 nitrogen and oxygen atoms in total. The normalized spacial score (nSPS) is 14.3. The lowest BCUT2D eigenvalue weighted by molar-refractivity contribution is 0.0303. The summed E-state index contributed by atoms with van der Waals surface area (Å²) < 4.78 is 11.9. The van der Waals surface area contributed by atoms with Gasteiger partial charge in [0.05, 0.1) is 36.9 Å². The third-order valence-corrected chi connectivity index (χ3v) is 4.66. The van der Waals surface area contributed by atoms with E-state index in [9.17, 15) is 9.59 Å². The summed E-state index contributed by atoms with van der Waals surface area (Å²) in [5.74, 6) is 0.646. The van der Waals surface area contributed by atoms with Crippen molar-refractivity contribution in [1.29, 1.82) is 0 Å². The van der Waals surface area contributed by atoms with Crippen LogP contribution >= 0.6 is 0 Å². The maximum atomic E-state index is 12.8. The van der Waals surface area contributed by atoms with Crippen molar-refractivity contribution in [1.82, 2.24) is 14.5 Å². The van der Waals surface area contributed by atoms with Gasteiger partial charge in [0.2, 0.25) is 0 Å². The van der Waals surface area contributed by atoms with Crippen LogP contribution in [-0.2, 0) is 4.74 Å². The standard InChI is InChI=1S/C20H19N3O4/c1-26-16-5-3-15(4-6-16)23-13-21-18-12-14(2-7-17(18)20(23)25)19(24)22-8-10-27-11-9-22/h2-7,12-13H,8-11H2,1H3. The Bertz CT molecular complexity index is 1040. The first-order valence-electron chi connectivity index (χ1n) is 8.70. The third kappa shape index (κ3) is 3.29. The van der Waals surface area contributed by atoms with Gasteiger partial charge in [-0.05, 0) is 42.5 Å². The number of hydrogen-bond acceptors (Lipinski definition) is 5. The summed E-state index contributed by atoms with van der Waals surface area (Å²) in [6, 6.07) is 12.2. The van der Waals surface area contributed by atoms with Gasteiger partial charge in [-0.3, -0.25) is 14.2 Å². The number of nitrogens with zero attached hydrogens (tertiary/aromatic N) is 3. The molecule has 1 aromatic heterocycles. The van der Waals surface area contributed by atoms with E-state index in [2.05, 4.69) is 4.98 Å². The highest BCUT2D eigenvalue weighted by atomic mass is 16.5. The van der Waals surface area contributed by atoms with Crippen LogP contribution in [0, 0.1) is 0 Å². The topological polar surface area (TPSA) is 73.7 Å². The molecule has 3 aromatic rings. The summed E-state index contributed by atoms with van der Waals surface area (Å²) in [7, 11) is 1.59. The van der Waals surface area contributed by atoms with Crippen LogP contribution in [0.2, 0.25) is 0 Å². The van der Waals surface area contributed by atoms with Crippen LogP contribution in [0.5, 0.6) is 5.75 Å². The molecule has 0 bridgehead atoms. The van der Waals surface area contributed by atoms with Gasteiger partial charge >= 0.3 is 0 Å². The van der Waals surface area contributed by atoms with E-state index in [1.807, 2.05) is 0 Å². The largest absolute Gasteiger partial charge is 0.497 e. The molecule has 4 rings (SSSR count). The second kappa shape index (κ2) is 7.20. The summed E-state index contributed by atoms with van der Waals surface area (Å²) in [5, 5.41) is 0.465. The first-order chi connectivity index (χ1) is 13.2. The quantitative estimate of drug-likeness (QED) is 0.708. The van der Waals surface area contributed by atoms with Gasteiger partial charge in [-0.1, -0.05) is 0 Å². The van der Waals surface area contributed by atoms with Gasteiger partial charge in [-0.25, -0.2) is 4.98 Å². The fourth-order valence-corrected chi connectivity index (χ4v) is 3.13. The summed E-state index contributed by atoms with van der Waals surface area (Å²) in [4.78, 5) is 31.6. The number of carbonyl (C=O) groups is 1. The Morgan fingerprint density at radius 2 is 1.85 bits per heavy atom. The van der Waals surface area contributed by atoms with Crippen LogP contribution in [0.3, 0.4) is 0 Å². The van der Waals surface area contributed by atoms with E-state index in [1.165, 1.54) is 10.9 Å².